The minimum absolute atomic E-state index is 0.0164. The molecule has 0 radical (unpaired) electrons. The molecule has 170 valence electrons. The van der Waals surface area contributed by atoms with Gasteiger partial charge in [-0.25, -0.2) is 0 Å². The first-order valence-electron chi connectivity index (χ1n) is 11.5. The van der Waals surface area contributed by atoms with Crippen LogP contribution in [-0.2, 0) is 11.3 Å². The third-order valence-electron chi connectivity index (χ3n) is 6.87. The Morgan fingerprint density at radius 3 is 2.27 bits per heavy atom. The number of hydrogen-bond acceptors (Lipinski definition) is 5. The maximum atomic E-state index is 13.7. The molecule has 0 saturated carbocycles. The van der Waals surface area contributed by atoms with E-state index >= 15 is 0 Å². The van der Waals surface area contributed by atoms with E-state index in [9.17, 15) is 9.59 Å². The van der Waals surface area contributed by atoms with Crippen molar-refractivity contribution in [3.63, 3.8) is 0 Å². The average molecular weight is 445 g/mol. The van der Waals surface area contributed by atoms with Crippen molar-refractivity contribution < 1.29 is 14.1 Å². The highest BCUT2D eigenvalue weighted by Gasteiger charge is 2.44. The van der Waals surface area contributed by atoms with E-state index in [1.165, 1.54) is 5.56 Å². The Kier molecular flexibility index (Phi) is 5.96. The Labute approximate surface area is 193 Å². The second-order valence-corrected chi connectivity index (χ2v) is 8.88. The SMILES string of the molecule is NCc1cc(C(=O)N2CC(c3ccccc3)CC2C(=O)N2CCC(c3ccccc3)C2)no1. The van der Waals surface area contributed by atoms with Crippen LogP contribution in [-0.4, -0.2) is 52.4 Å². The quantitative estimate of drug-likeness (QED) is 0.653. The van der Waals surface area contributed by atoms with Crippen molar-refractivity contribution in [1.82, 2.24) is 15.0 Å². The molecular formula is C26H28N4O3. The third kappa shape index (κ3) is 4.28. The fraction of sp³-hybridized carbons (Fsp3) is 0.346. The van der Waals surface area contributed by atoms with Gasteiger partial charge in [0.15, 0.2) is 11.5 Å². The molecule has 1 aromatic heterocycles. The number of amides is 2. The van der Waals surface area contributed by atoms with Gasteiger partial charge in [-0.2, -0.15) is 0 Å². The van der Waals surface area contributed by atoms with Gasteiger partial charge in [0.1, 0.15) is 6.04 Å². The van der Waals surface area contributed by atoms with Gasteiger partial charge in [-0.3, -0.25) is 9.59 Å². The summed E-state index contributed by atoms with van der Waals surface area (Å²) in [6.07, 6.45) is 1.53. The van der Waals surface area contributed by atoms with Crippen LogP contribution < -0.4 is 5.73 Å². The van der Waals surface area contributed by atoms with Gasteiger partial charge in [-0.15, -0.1) is 0 Å². The lowest BCUT2D eigenvalue weighted by Gasteiger charge is -2.27. The minimum Gasteiger partial charge on any atom is -0.359 e. The number of carbonyl (C=O) groups excluding carboxylic acids is 2. The van der Waals surface area contributed by atoms with E-state index < -0.39 is 6.04 Å². The van der Waals surface area contributed by atoms with Gasteiger partial charge >= 0.3 is 0 Å². The Morgan fingerprint density at radius 2 is 1.64 bits per heavy atom. The summed E-state index contributed by atoms with van der Waals surface area (Å²) < 4.78 is 5.15. The first-order chi connectivity index (χ1) is 16.1. The second kappa shape index (κ2) is 9.19. The number of hydrogen-bond donors (Lipinski definition) is 1. The fourth-order valence-corrected chi connectivity index (χ4v) is 5.09. The van der Waals surface area contributed by atoms with Crippen LogP contribution >= 0.6 is 0 Å². The molecule has 2 aromatic carbocycles. The summed E-state index contributed by atoms with van der Waals surface area (Å²) in [5.41, 5.74) is 8.21. The van der Waals surface area contributed by atoms with Gasteiger partial charge in [-0.05, 0) is 24.0 Å². The molecule has 2 amide bonds. The van der Waals surface area contributed by atoms with Gasteiger partial charge < -0.3 is 20.1 Å². The van der Waals surface area contributed by atoms with E-state index in [1.54, 1.807) is 11.0 Å². The maximum absolute atomic E-state index is 13.7. The number of aromatic nitrogens is 1. The molecule has 2 aliphatic heterocycles. The van der Waals surface area contributed by atoms with Crippen molar-refractivity contribution in [2.24, 2.45) is 5.73 Å². The second-order valence-electron chi connectivity index (χ2n) is 8.88. The molecule has 2 aliphatic rings. The third-order valence-corrected chi connectivity index (χ3v) is 6.87. The van der Waals surface area contributed by atoms with Gasteiger partial charge in [0, 0.05) is 37.5 Å². The molecule has 33 heavy (non-hydrogen) atoms. The van der Waals surface area contributed by atoms with E-state index in [1.807, 2.05) is 41.3 Å². The number of benzene rings is 2. The minimum atomic E-state index is -0.518. The summed E-state index contributed by atoms with van der Waals surface area (Å²) >= 11 is 0. The Balaban J connectivity index is 1.37. The zero-order chi connectivity index (χ0) is 22.8. The maximum Gasteiger partial charge on any atom is 0.276 e. The molecule has 3 aromatic rings. The highest BCUT2D eigenvalue weighted by molar-refractivity contribution is 5.96. The van der Waals surface area contributed by atoms with Gasteiger partial charge in [0.05, 0.1) is 6.54 Å². The van der Waals surface area contributed by atoms with E-state index in [0.29, 0.717) is 37.7 Å². The van der Waals surface area contributed by atoms with Crippen LogP contribution in [0.2, 0.25) is 0 Å². The molecule has 0 bridgehead atoms. The van der Waals surface area contributed by atoms with Crippen LogP contribution in [0.4, 0.5) is 0 Å². The predicted octanol–water partition coefficient (Wildman–Crippen LogP) is 3.15. The van der Waals surface area contributed by atoms with E-state index in [-0.39, 0.29) is 30.0 Å². The van der Waals surface area contributed by atoms with Crippen molar-refractivity contribution in [1.29, 1.82) is 0 Å². The molecule has 2 saturated heterocycles. The van der Waals surface area contributed by atoms with Gasteiger partial charge in [0.2, 0.25) is 5.91 Å². The topological polar surface area (TPSA) is 92.7 Å². The first kappa shape index (κ1) is 21.4. The van der Waals surface area contributed by atoms with Crippen LogP contribution in [0.1, 0.15) is 52.1 Å². The summed E-state index contributed by atoms with van der Waals surface area (Å²) in [6.45, 7) is 2.02. The molecule has 5 rings (SSSR count). The molecule has 3 unspecified atom stereocenters. The summed E-state index contributed by atoms with van der Waals surface area (Å²) in [6, 6.07) is 21.5. The predicted molar refractivity (Wildman–Crippen MR) is 123 cm³/mol. The van der Waals surface area contributed by atoms with Crippen molar-refractivity contribution >= 4 is 11.8 Å². The molecule has 2 fully saturated rings. The van der Waals surface area contributed by atoms with Crippen LogP contribution in [0.5, 0.6) is 0 Å². The molecule has 7 nitrogen and oxygen atoms in total. The normalized spacial score (nSPS) is 22.6. The number of nitrogens with zero attached hydrogens (tertiary/aromatic N) is 3. The summed E-state index contributed by atoms with van der Waals surface area (Å²) in [5.74, 6) is 0.604. The van der Waals surface area contributed by atoms with Crippen molar-refractivity contribution in [3.8, 4) is 0 Å². The highest BCUT2D eigenvalue weighted by atomic mass is 16.5. The average Bonchev–Trinajstić information content (AvgIpc) is 3.64. The van der Waals surface area contributed by atoms with Gasteiger partial charge in [0.25, 0.3) is 5.91 Å². The van der Waals surface area contributed by atoms with Crippen LogP contribution in [0.15, 0.2) is 71.3 Å². The van der Waals surface area contributed by atoms with Crippen molar-refractivity contribution in [2.45, 2.75) is 37.3 Å². The molecule has 2 N–H and O–H groups in total. The Hall–Kier alpha value is -3.45. The lowest BCUT2D eigenvalue weighted by Crippen LogP contribution is -2.47. The fourth-order valence-electron chi connectivity index (χ4n) is 5.09. The number of nitrogens with two attached hydrogens (primary N) is 1. The Bertz CT molecular complexity index is 1110. The first-order valence-corrected chi connectivity index (χ1v) is 11.5. The number of carbonyl (C=O) groups is 2. The molecule has 0 aliphatic carbocycles. The zero-order valence-corrected chi connectivity index (χ0v) is 18.5. The largest absolute Gasteiger partial charge is 0.359 e. The lowest BCUT2D eigenvalue weighted by atomic mass is 9.96. The molecule has 3 heterocycles. The number of likely N-dealkylation sites (tertiary alicyclic amines) is 2. The molecule has 0 spiro atoms. The monoisotopic (exact) mass is 444 g/mol. The molecule has 3 atom stereocenters. The van der Waals surface area contributed by atoms with Crippen LogP contribution in [0.25, 0.3) is 0 Å². The summed E-state index contributed by atoms with van der Waals surface area (Å²) in [4.78, 5) is 30.6. The standard InChI is InChI=1S/C26H28N4O3/c27-15-22-14-23(28-33-22)25(31)30-17-21(19-9-5-2-6-10-19)13-24(30)26(32)29-12-11-20(16-29)18-7-3-1-4-8-18/h1-10,14,20-21,24H,11-13,15-17,27H2. The smallest absolute Gasteiger partial charge is 0.276 e. The van der Waals surface area contributed by atoms with Crippen molar-refractivity contribution in [2.75, 3.05) is 19.6 Å². The van der Waals surface area contributed by atoms with Crippen molar-refractivity contribution in [3.05, 3.63) is 89.3 Å². The zero-order valence-electron chi connectivity index (χ0n) is 18.5. The van der Waals surface area contributed by atoms with Crippen LogP contribution in [0, 0.1) is 0 Å². The highest BCUT2D eigenvalue weighted by Crippen LogP contribution is 2.35. The lowest BCUT2D eigenvalue weighted by molar-refractivity contribution is -0.134. The Morgan fingerprint density at radius 1 is 0.970 bits per heavy atom. The van der Waals surface area contributed by atoms with E-state index in [4.69, 9.17) is 10.3 Å². The van der Waals surface area contributed by atoms with Crippen LogP contribution in [0.3, 0.4) is 0 Å². The summed E-state index contributed by atoms with van der Waals surface area (Å²) in [7, 11) is 0. The van der Waals surface area contributed by atoms with E-state index in [0.717, 1.165) is 12.0 Å². The summed E-state index contributed by atoms with van der Waals surface area (Å²) in [5, 5.41) is 3.90. The van der Waals surface area contributed by atoms with E-state index in [2.05, 4.69) is 29.4 Å². The van der Waals surface area contributed by atoms with Gasteiger partial charge in [-0.1, -0.05) is 65.8 Å². The molecular weight excluding hydrogens is 416 g/mol. The number of rotatable bonds is 5. The molecule has 7 heteroatoms.